The Morgan fingerprint density at radius 3 is 2.32 bits per heavy atom. The van der Waals surface area contributed by atoms with Crippen molar-refractivity contribution in [2.24, 2.45) is 5.92 Å². The smallest absolute Gasteiger partial charge is 0.108 e. The topological polar surface area (TPSA) is 27.7 Å². The Kier molecular flexibility index (Phi) is 9.69. The van der Waals surface area contributed by atoms with Crippen LogP contribution in [-0.4, -0.2) is 45.5 Å². The minimum atomic E-state index is 0.180. The second-order valence-electron chi connectivity index (χ2n) is 7.40. The third kappa shape index (κ3) is 7.01. The van der Waals surface area contributed by atoms with Gasteiger partial charge < -0.3 is 14.2 Å². The first-order chi connectivity index (χ1) is 10.5. The Morgan fingerprint density at radius 1 is 1.00 bits per heavy atom. The van der Waals surface area contributed by atoms with Gasteiger partial charge in [-0.1, -0.05) is 26.2 Å². The minimum absolute atomic E-state index is 0.180. The van der Waals surface area contributed by atoms with Gasteiger partial charge in [0.15, 0.2) is 0 Å². The van der Waals surface area contributed by atoms with Crippen LogP contribution in [0.4, 0.5) is 0 Å². The van der Waals surface area contributed by atoms with Crippen LogP contribution in [0.3, 0.4) is 0 Å². The molecule has 0 aromatic heterocycles. The van der Waals surface area contributed by atoms with E-state index in [2.05, 4.69) is 42.5 Å². The summed E-state index contributed by atoms with van der Waals surface area (Å²) >= 11 is 0. The zero-order valence-electron chi connectivity index (χ0n) is 15.6. The summed E-state index contributed by atoms with van der Waals surface area (Å²) in [6, 6.07) is 0. The lowest BCUT2D eigenvalue weighted by atomic mass is 9.83. The first-order valence-corrected chi connectivity index (χ1v) is 9.34. The first-order valence-electron chi connectivity index (χ1n) is 9.34. The average Bonchev–Trinajstić information content (AvgIpc) is 2.72. The van der Waals surface area contributed by atoms with Gasteiger partial charge in [0, 0.05) is 12.5 Å². The van der Waals surface area contributed by atoms with Gasteiger partial charge in [0.2, 0.25) is 0 Å². The highest BCUT2D eigenvalue weighted by Crippen LogP contribution is 2.39. The summed E-state index contributed by atoms with van der Waals surface area (Å²) in [6.07, 6.45) is 7.08. The Balaban J connectivity index is 2.51. The molecular weight excluding hydrogens is 275 g/mol. The lowest BCUT2D eigenvalue weighted by Crippen LogP contribution is -2.36. The van der Waals surface area contributed by atoms with Crippen LogP contribution in [0.2, 0.25) is 5.82 Å². The molecule has 1 rings (SSSR count). The van der Waals surface area contributed by atoms with Crippen molar-refractivity contribution in [2.45, 2.75) is 97.0 Å². The Labute approximate surface area is 138 Å². The van der Waals surface area contributed by atoms with Gasteiger partial charge in [0.1, 0.15) is 7.85 Å². The van der Waals surface area contributed by atoms with E-state index in [1.54, 1.807) is 0 Å². The highest BCUT2D eigenvalue weighted by Gasteiger charge is 2.43. The number of unbranched alkanes of at least 4 members (excludes halogenated alkanes) is 3. The fraction of sp³-hybridized carbons (Fsp3) is 1.00. The van der Waals surface area contributed by atoms with Crippen LogP contribution in [0, 0.1) is 5.92 Å². The highest BCUT2D eigenvalue weighted by atomic mass is 16.5. The summed E-state index contributed by atoms with van der Waals surface area (Å²) in [5.41, 5.74) is 0. The van der Waals surface area contributed by atoms with E-state index in [4.69, 9.17) is 14.2 Å². The third-order valence-corrected chi connectivity index (χ3v) is 4.40. The van der Waals surface area contributed by atoms with E-state index in [0.29, 0.717) is 11.7 Å². The Bertz CT molecular complexity index is 284. The van der Waals surface area contributed by atoms with Crippen LogP contribution >= 0.6 is 0 Å². The molecule has 22 heavy (non-hydrogen) atoms. The number of rotatable bonds is 11. The molecule has 1 aliphatic carbocycles. The summed E-state index contributed by atoms with van der Waals surface area (Å²) in [7, 11) is 2.29. The van der Waals surface area contributed by atoms with Crippen LogP contribution in [0.1, 0.15) is 66.7 Å². The summed E-state index contributed by atoms with van der Waals surface area (Å²) in [5, 5.41) is 0. The van der Waals surface area contributed by atoms with Crippen LogP contribution in [0.25, 0.3) is 0 Å². The second kappa shape index (κ2) is 10.7. The summed E-state index contributed by atoms with van der Waals surface area (Å²) in [5.74, 6) is 1.01. The molecule has 1 saturated carbocycles. The van der Waals surface area contributed by atoms with E-state index in [0.717, 1.165) is 19.6 Å². The van der Waals surface area contributed by atoms with Gasteiger partial charge >= 0.3 is 0 Å². The monoisotopic (exact) mass is 312 g/mol. The summed E-state index contributed by atoms with van der Waals surface area (Å²) in [6.45, 7) is 12.3. The van der Waals surface area contributed by atoms with Crippen molar-refractivity contribution in [2.75, 3.05) is 13.2 Å². The van der Waals surface area contributed by atoms with Gasteiger partial charge in [0.25, 0.3) is 0 Å². The lowest BCUT2D eigenvalue weighted by Gasteiger charge is -2.29. The van der Waals surface area contributed by atoms with Crippen molar-refractivity contribution in [3.8, 4) is 0 Å². The largest absolute Gasteiger partial charge is 0.378 e. The van der Waals surface area contributed by atoms with Crippen LogP contribution in [0.5, 0.6) is 0 Å². The minimum Gasteiger partial charge on any atom is -0.378 e. The molecule has 2 unspecified atom stereocenters. The van der Waals surface area contributed by atoms with Crippen LogP contribution < -0.4 is 0 Å². The molecule has 0 bridgehead atoms. The maximum Gasteiger partial charge on any atom is 0.108 e. The predicted octanol–water partition coefficient (Wildman–Crippen LogP) is 3.61. The molecule has 4 atom stereocenters. The maximum absolute atomic E-state index is 6.23. The van der Waals surface area contributed by atoms with Gasteiger partial charge in [-0.25, -0.2) is 0 Å². The molecular formula is C18H37BO3. The molecule has 0 spiro atoms. The molecule has 4 heteroatoms. The fourth-order valence-electron chi connectivity index (χ4n) is 3.33. The van der Waals surface area contributed by atoms with Gasteiger partial charge in [0.05, 0.1) is 31.0 Å². The van der Waals surface area contributed by atoms with E-state index in [-0.39, 0.29) is 24.4 Å². The molecule has 1 aliphatic rings. The first kappa shape index (κ1) is 20.0. The van der Waals surface area contributed by atoms with E-state index in [1.165, 1.54) is 25.7 Å². The number of hydrogen-bond donors (Lipinski definition) is 0. The van der Waals surface area contributed by atoms with E-state index in [9.17, 15) is 0 Å². The van der Waals surface area contributed by atoms with E-state index < -0.39 is 0 Å². The molecule has 0 heterocycles. The molecule has 0 saturated heterocycles. The lowest BCUT2D eigenvalue weighted by molar-refractivity contribution is -0.106. The van der Waals surface area contributed by atoms with Crippen molar-refractivity contribution >= 4 is 7.85 Å². The molecule has 1 fully saturated rings. The predicted molar refractivity (Wildman–Crippen MR) is 95.4 cm³/mol. The Morgan fingerprint density at radius 2 is 1.73 bits per heavy atom. The van der Waals surface area contributed by atoms with Crippen molar-refractivity contribution in [1.82, 2.24) is 0 Å². The summed E-state index contributed by atoms with van der Waals surface area (Å²) in [4.78, 5) is 0. The standard InChI is InChI=1S/C18H37BO3/c1-6-7-8-9-10-20-18-16(19)11-15(12-21-13(2)3)17(18)22-14(4)5/h13-18H,6-12,19H2,1-5H3/t15-,16-,17?,18?/m1/s1. The molecule has 130 valence electrons. The number of ether oxygens (including phenoxy) is 3. The van der Waals surface area contributed by atoms with E-state index >= 15 is 0 Å². The van der Waals surface area contributed by atoms with Crippen molar-refractivity contribution < 1.29 is 14.2 Å². The molecule has 0 aromatic rings. The van der Waals surface area contributed by atoms with E-state index in [1.807, 2.05) is 0 Å². The van der Waals surface area contributed by atoms with Crippen molar-refractivity contribution in [3.63, 3.8) is 0 Å². The van der Waals surface area contributed by atoms with Crippen molar-refractivity contribution in [1.29, 1.82) is 0 Å². The molecule has 3 nitrogen and oxygen atoms in total. The SMILES string of the molecule is B[C@@H]1C[C@H](COC(C)C)C(OC(C)C)C1OCCCCCC. The molecule has 0 aliphatic heterocycles. The van der Waals surface area contributed by atoms with Crippen LogP contribution in [0.15, 0.2) is 0 Å². The Hall–Kier alpha value is -0.0551. The van der Waals surface area contributed by atoms with Gasteiger partial charge in [-0.2, -0.15) is 0 Å². The molecule has 0 radical (unpaired) electrons. The van der Waals surface area contributed by atoms with Crippen molar-refractivity contribution in [3.05, 3.63) is 0 Å². The highest BCUT2D eigenvalue weighted by molar-refractivity contribution is 6.12. The second-order valence-corrected chi connectivity index (χ2v) is 7.40. The zero-order chi connectivity index (χ0) is 16.5. The normalized spacial score (nSPS) is 28.9. The van der Waals surface area contributed by atoms with Gasteiger partial charge in [-0.3, -0.25) is 0 Å². The zero-order valence-corrected chi connectivity index (χ0v) is 15.6. The molecule has 0 aromatic carbocycles. The molecule has 0 amide bonds. The quantitative estimate of drug-likeness (QED) is 0.431. The van der Waals surface area contributed by atoms with Gasteiger partial charge in [-0.05, 0) is 46.4 Å². The molecule has 0 N–H and O–H groups in total. The number of hydrogen-bond acceptors (Lipinski definition) is 3. The average molecular weight is 312 g/mol. The van der Waals surface area contributed by atoms with Crippen LogP contribution in [-0.2, 0) is 14.2 Å². The maximum atomic E-state index is 6.23. The summed E-state index contributed by atoms with van der Waals surface area (Å²) < 4.78 is 18.3. The van der Waals surface area contributed by atoms with Gasteiger partial charge in [-0.15, -0.1) is 0 Å². The third-order valence-electron chi connectivity index (χ3n) is 4.40. The fourth-order valence-corrected chi connectivity index (χ4v) is 3.33.